The monoisotopic (exact) mass is 581 g/mol. The Balaban J connectivity index is 1.32. The van der Waals surface area contributed by atoms with Crippen molar-refractivity contribution in [3.63, 3.8) is 0 Å². The quantitative estimate of drug-likeness (QED) is 0.141. The molecule has 8 heteroatoms. The lowest BCUT2D eigenvalue weighted by Gasteiger charge is -2.12. The van der Waals surface area contributed by atoms with Gasteiger partial charge in [0.1, 0.15) is 5.52 Å². The second-order valence-corrected chi connectivity index (χ2v) is 11.3. The molecule has 0 spiro atoms. The second kappa shape index (κ2) is 11.9. The van der Waals surface area contributed by atoms with Gasteiger partial charge >= 0.3 is 0 Å². The van der Waals surface area contributed by atoms with E-state index in [0.29, 0.717) is 22.7 Å². The van der Waals surface area contributed by atoms with Crippen LogP contribution in [0.2, 0.25) is 0 Å². The fourth-order valence-corrected chi connectivity index (χ4v) is 5.84. The van der Waals surface area contributed by atoms with Crippen LogP contribution in [0.1, 0.15) is 30.0 Å². The van der Waals surface area contributed by atoms with Crippen LogP contribution in [0.3, 0.4) is 0 Å². The Hall–Kier alpha value is -5.34. The van der Waals surface area contributed by atoms with Crippen LogP contribution in [0, 0.1) is 0 Å². The van der Waals surface area contributed by atoms with E-state index in [1.165, 1.54) is 5.56 Å². The Kier molecular flexibility index (Phi) is 7.68. The molecule has 0 atom stereocenters. The third-order valence-electron chi connectivity index (χ3n) is 7.04. The van der Waals surface area contributed by atoms with Crippen molar-refractivity contribution in [2.75, 3.05) is 0 Å². The van der Waals surface area contributed by atoms with Gasteiger partial charge in [0.05, 0.1) is 16.7 Å². The molecule has 0 radical (unpaired) electrons. The van der Waals surface area contributed by atoms with Crippen LogP contribution < -0.4 is 5.32 Å². The zero-order valence-electron chi connectivity index (χ0n) is 24.1. The van der Waals surface area contributed by atoms with Gasteiger partial charge in [-0.05, 0) is 73.0 Å². The first kappa shape index (κ1) is 27.8. The van der Waals surface area contributed by atoms with E-state index < -0.39 is 0 Å². The number of benzene rings is 1. The molecule has 212 valence electrons. The highest BCUT2D eigenvalue weighted by atomic mass is 32.1. The minimum Gasteiger partial charge on any atom is -0.359 e. The number of nitrogens with one attached hydrogen (secondary N) is 3. The maximum atomic E-state index is 5.01. The minimum absolute atomic E-state index is 0.603. The van der Waals surface area contributed by atoms with Crippen LogP contribution in [0.4, 0.5) is 0 Å². The zero-order chi connectivity index (χ0) is 29.9. The average molecular weight is 582 g/mol. The van der Waals surface area contributed by atoms with Gasteiger partial charge in [-0.2, -0.15) is 5.10 Å². The van der Waals surface area contributed by atoms with Crippen molar-refractivity contribution in [1.82, 2.24) is 35.5 Å². The Morgan fingerprint density at radius 2 is 1.86 bits per heavy atom. The zero-order valence-corrected chi connectivity index (χ0v) is 24.9. The molecule has 0 aliphatic carbocycles. The molecular weight excluding hydrogens is 551 g/mol. The first-order valence-electron chi connectivity index (χ1n) is 13.9. The average Bonchev–Trinajstić information content (AvgIpc) is 3.77. The molecule has 0 amide bonds. The molecule has 43 heavy (non-hydrogen) atoms. The second-order valence-electron chi connectivity index (χ2n) is 10.2. The highest BCUT2D eigenvalue weighted by Crippen LogP contribution is 2.35. The summed E-state index contributed by atoms with van der Waals surface area (Å²) >= 11 is 1.70. The SMILES string of the molecule is C=C/C(=C\C(=C/C)c1ccc2[nH]nc(-c3nc4nccc(-c5ccc(C(=C)C)s5)c4[nH]3)c2n1)NC(=C)Cc1ccccc1. The van der Waals surface area contributed by atoms with E-state index in [2.05, 4.69) is 69.5 Å². The van der Waals surface area contributed by atoms with Crippen LogP contribution in [0.15, 0.2) is 116 Å². The fourth-order valence-electron chi connectivity index (χ4n) is 4.87. The maximum Gasteiger partial charge on any atom is 0.178 e. The number of hydrogen-bond donors (Lipinski definition) is 3. The van der Waals surface area contributed by atoms with Gasteiger partial charge in [0.25, 0.3) is 0 Å². The molecule has 0 aliphatic rings. The third kappa shape index (κ3) is 5.73. The molecule has 5 aromatic heterocycles. The van der Waals surface area contributed by atoms with Gasteiger partial charge in [0.15, 0.2) is 17.2 Å². The minimum atomic E-state index is 0.603. The normalized spacial score (nSPS) is 12.1. The highest BCUT2D eigenvalue weighted by molar-refractivity contribution is 7.16. The van der Waals surface area contributed by atoms with Gasteiger partial charge in [0, 0.05) is 39.3 Å². The molecule has 7 nitrogen and oxygen atoms in total. The van der Waals surface area contributed by atoms with Gasteiger partial charge in [0.2, 0.25) is 0 Å². The Morgan fingerprint density at radius 3 is 2.60 bits per heavy atom. The van der Waals surface area contributed by atoms with Crippen LogP contribution in [0.5, 0.6) is 0 Å². The van der Waals surface area contributed by atoms with Crippen LogP contribution in [-0.4, -0.2) is 30.1 Å². The molecule has 0 fully saturated rings. The molecule has 0 saturated heterocycles. The molecule has 0 aliphatic heterocycles. The summed E-state index contributed by atoms with van der Waals surface area (Å²) in [5.74, 6) is 0.603. The van der Waals surface area contributed by atoms with Crippen molar-refractivity contribution in [3.8, 4) is 22.0 Å². The summed E-state index contributed by atoms with van der Waals surface area (Å²) in [6.07, 6.45) is 8.33. The maximum absolute atomic E-state index is 5.01. The van der Waals surface area contributed by atoms with Crippen molar-refractivity contribution in [3.05, 3.63) is 132 Å². The topological polar surface area (TPSA) is 95.2 Å². The van der Waals surface area contributed by atoms with Crippen molar-refractivity contribution in [1.29, 1.82) is 0 Å². The van der Waals surface area contributed by atoms with E-state index in [1.54, 1.807) is 23.6 Å². The molecule has 0 unspecified atom stereocenters. The standard InChI is InChI=1S/C35H31N7S/c1-6-24(20-25(7-2)37-22(5)19-23-11-9-8-10-12-23)27-13-14-28-32(38-27)33(42-41-28)35-39-31-26(17-18-36-34(31)40-35)30-16-15-29(43-30)21(3)4/h6-18,20,37H,2-3,5,19H2,1,4H3,(H,41,42)(H,36,39,40)/b24-6+,25-20+. The number of allylic oxidation sites excluding steroid dienone is 6. The molecule has 1 aromatic carbocycles. The lowest BCUT2D eigenvalue weighted by molar-refractivity contribution is 0.942. The van der Waals surface area contributed by atoms with Crippen molar-refractivity contribution in [2.45, 2.75) is 20.3 Å². The molecule has 5 heterocycles. The highest BCUT2D eigenvalue weighted by Gasteiger charge is 2.18. The van der Waals surface area contributed by atoms with Crippen molar-refractivity contribution >= 4 is 44.7 Å². The van der Waals surface area contributed by atoms with Crippen LogP contribution >= 0.6 is 11.3 Å². The Morgan fingerprint density at radius 1 is 1.02 bits per heavy atom. The van der Waals surface area contributed by atoms with Gasteiger partial charge < -0.3 is 10.3 Å². The van der Waals surface area contributed by atoms with Crippen LogP contribution in [-0.2, 0) is 6.42 Å². The largest absolute Gasteiger partial charge is 0.359 e. The van der Waals surface area contributed by atoms with Gasteiger partial charge in [-0.15, -0.1) is 11.3 Å². The molecule has 0 saturated carbocycles. The lowest BCUT2D eigenvalue weighted by Crippen LogP contribution is -2.12. The number of aromatic nitrogens is 6. The van der Waals surface area contributed by atoms with Crippen molar-refractivity contribution < 1.29 is 0 Å². The Bertz CT molecular complexity index is 2050. The van der Waals surface area contributed by atoms with E-state index >= 15 is 0 Å². The number of hydrogen-bond acceptors (Lipinski definition) is 6. The fraction of sp³-hybridized carbons (Fsp3) is 0.0857. The molecule has 0 bridgehead atoms. The number of rotatable bonds is 10. The van der Waals surface area contributed by atoms with Crippen LogP contribution in [0.25, 0.3) is 55.3 Å². The van der Waals surface area contributed by atoms with E-state index in [4.69, 9.17) is 9.97 Å². The summed E-state index contributed by atoms with van der Waals surface area (Å²) in [6, 6.07) is 20.4. The summed E-state index contributed by atoms with van der Waals surface area (Å²) in [4.78, 5) is 20.1. The number of aromatic amines is 2. The predicted molar refractivity (Wildman–Crippen MR) is 179 cm³/mol. The first-order chi connectivity index (χ1) is 20.9. The number of imidazole rings is 1. The number of nitrogens with zero attached hydrogens (tertiary/aromatic N) is 4. The van der Waals surface area contributed by atoms with E-state index in [0.717, 1.165) is 61.0 Å². The van der Waals surface area contributed by atoms with Gasteiger partial charge in [-0.1, -0.05) is 56.1 Å². The van der Waals surface area contributed by atoms with E-state index in [-0.39, 0.29) is 0 Å². The third-order valence-corrected chi connectivity index (χ3v) is 8.32. The first-order valence-corrected chi connectivity index (χ1v) is 14.7. The van der Waals surface area contributed by atoms with E-state index in [1.807, 2.05) is 62.4 Å². The molecular formula is C35H31N7S. The lowest BCUT2D eigenvalue weighted by atomic mass is 10.1. The number of fused-ring (bicyclic) bond motifs is 2. The molecule has 6 aromatic rings. The van der Waals surface area contributed by atoms with Crippen molar-refractivity contribution in [2.24, 2.45) is 0 Å². The number of pyridine rings is 2. The summed E-state index contributed by atoms with van der Waals surface area (Å²) in [5, 5.41) is 11.1. The van der Waals surface area contributed by atoms with Gasteiger partial charge in [-0.3, -0.25) is 5.10 Å². The van der Waals surface area contributed by atoms with Gasteiger partial charge in [-0.25, -0.2) is 15.0 Å². The molecule has 3 N–H and O–H groups in total. The Labute approximate surface area is 254 Å². The summed E-state index contributed by atoms with van der Waals surface area (Å²) < 4.78 is 0. The number of H-pyrrole nitrogens is 2. The molecule has 6 rings (SSSR count). The summed E-state index contributed by atoms with van der Waals surface area (Å²) in [5.41, 5.74) is 10.4. The summed E-state index contributed by atoms with van der Waals surface area (Å²) in [6.45, 7) is 16.3. The van der Waals surface area contributed by atoms with E-state index in [9.17, 15) is 0 Å². The smallest absolute Gasteiger partial charge is 0.178 e. The summed E-state index contributed by atoms with van der Waals surface area (Å²) in [7, 11) is 0. The number of thiophene rings is 1. The predicted octanol–water partition coefficient (Wildman–Crippen LogP) is 8.48.